The second-order valence-electron chi connectivity index (χ2n) is 0.977. The van der Waals surface area contributed by atoms with Crippen LogP contribution in [0.5, 0.6) is 0 Å². The van der Waals surface area contributed by atoms with Crippen molar-refractivity contribution in [3.8, 4) is 0 Å². The quantitative estimate of drug-likeness (QED) is 0.429. The van der Waals surface area contributed by atoms with Gasteiger partial charge in [0.05, 0.1) is 0 Å². The van der Waals surface area contributed by atoms with Crippen molar-refractivity contribution in [3.63, 3.8) is 0 Å². The number of hydrogen-bond donors (Lipinski definition) is 1. The molecule has 0 aliphatic rings. The third kappa shape index (κ3) is 1130. The maximum atomic E-state index is 6.53. The topological polar surface area (TPSA) is 26.0 Å². The zero-order valence-electron chi connectivity index (χ0n) is 3.86. The summed E-state index contributed by atoms with van der Waals surface area (Å²) in [5, 5.41) is 0. The average molecular weight is 60.1 g/mol. The Balaban J connectivity index is 2.54. The van der Waals surface area contributed by atoms with Crippen molar-refractivity contribution < 1.29 is 1.37 Å². The van der Waals surface area contributed by atoms with Gasteiger partial charge in [-0.2, -0.15) is 0 Å². The van der Waals surface area contributed by atoms with E-state index in [1.54, 1.807) is 0 Å². The maximum absolute atomic E-state index is 6.53. The van der Waals surface area contributed by atoms with Crippen LogP contribution in [0.3, 0.4) is 0 Å². The fourth-order valence-electron chi connectivity index (χ4n) is 0. The van der Waals surface area contributed by atoms with Crippen LogP contribution in [0, 0.1) is 0 Å². The van der Waals surface area contributed by atoms with Gasteiger partial charge in [0.15, 0.2) is 0 Å². The van der Waals surface area contributed by atoms with E-state index < -0.39 is 0 Å². The first-order valence-corrected chi connectivity index (χ1v) is 1.32. The Morgan fingerprint density at radius 2 is 2.50 bits per heavy atom. The van der Waals surface area contributed by atoms with Gasteiger partial charge in [0, 0.05) is 1.37 Å². The van der Waals surface area contributed by atoms with Crippen molar-refractivity contribution in [2.45, 2.75) is 19.9 Å². The van der Waals surface area contributed by atoms with Crippen LogP contribution in [0.4, 0.5) is 0 Å². The van der Waals surface area contributed by atoms with Gasteiger partial charge in [-0.25, -0.2) is 0 Å². The van der Waals surface area contributed by atoms with Crippen molar-refractivity contribution >= 4 is 0 Å². The molecule has 0 rings (SSSR count). The largest absolute Gasteiger partial charge is 0.328 e. The smallest absolute Gasteiger partial charge is 0.0246 e. The Kier molecular flexibility index (Phi) is 0.718. The Morgan fingerprint density at radius 3 is 2.50 bits per heavy atom. The molecule has 1 unspecified atom stereocenters. The Labute approximate surface area is 28.2 Å². The van der Waals surface area contributed by atoms with Gasteiger partial charge < -0.3 is 5.73 Å². The van der Waals surface area contributed by atoms with Gasteiger partial charge >= 0.3 is 0 Å². The zero-order valence-corrected chi connectivity index (χ0v) is 2.86. The molecule has 0 aromatic rings. The first-order valence-electron chi connectivity index (χ1n) is 2.03. The highest BCUT2D eigenvalue weighted by molar-refractivity contribution is 4.32. The van der Waals surface area contributed by atoms with Crippen LogP contribution < -0.4 is 5.73 Å². The van der Waals surface area contributed by atoms with E-state index in [1.165, 1.54) is 0 Å². The fraction of sp³-hybridized carbons (Fsp3) is 1.00. The molecule has 0 aliphatic heterocycles. The van der Waals surface area contributed by atoms with E-state index in [2.05, 4.69) is 0 Å². The van der Waals surface area contributed by atoms with E-state index >= 15 is 0 Å². The molecule has 1 heteroatoms. The van der Waals surface area contributed by atoms with E-state index in [9.17, 15) is 0 Å². The van der Waals surface area contributed by atoms with Gasteiger partial charge in [-0.1, -0.05) is 13.8 Å². The van der Waals surface area contributed by atoms with Gasteiger partial charge in [0.2, 0.25) is 0 Å². The van der Waals surface area contributed by atoms with Gasteiger partial charge in [-0.05, 0) is 6.04 Å². The van der Waals surface area contributed by atoms with Crippen LogP contribution in [-0.2, 0) is 0 Å². The van der Waals surface area contributed by atoms with Gasteiger partial charge in [0.25, 0.3) is 0 Å². The first-order chi connectivity index (χ1) is 2.27. The molecule has 1 atom stereocenters. The molecule has 26 valence electrons. The summed E-state index contributed by atoms with van der Waals surface area (Å²) in [5.74, 6) is 0. The van der Waals surface area contributed by atoms with E-state index in [0.29, 0.717) is 6.90 Å². The Hall–Kier alpha value is -0.0400. The molecule has 0 radical (unpaired) electrons. The van der Waals surface area contributed by atoms with E-state index in [1.807, 2.05) is 6.92 Å². The minimum Gasteiger partial charge on any atom is -0.328 e. The molecule has 0 amide bonds. The number of hydrogen-bond acceptors (Lipinski definition) is 1. The van der Waals surface area contributed by atoms with Crippen LogP contribution >= 0.6 is 0 Å². The van der Waals surface area contributed by atoms with E-state index in [4.69, 9.17) is 7.10 Å². The van der Waals surface area contributed by atoms with Crippen molar-refractivity contribution in [2.75, 3.05) is 0 Å². The lowest BCUT2D eigenvalue weighted by molar-refractivity contribution is 0.834. The summed E-state index contributed by atoms with van der Waals surface area (Å²) >= 11 is 0. The minimum absolute atomic E-state index is 0.0509. The highest BCUT2D eigenvalue weighted by atomic mass is 14.6. The second-order valence-corrected chi connectivity index (χ2v) is 0.977. The molecule has 0 aromatic heterocycles. The molecule has 4 heavy (non-hydrogen) atoms. The summed E-state index contributed by atoms with van der Waals surface area (Å²) in [6, 6.07) is 0.0509. The van der Waals surface area contributed by atoms with Crippen LogP contribution in [-0.4, -0.2) is 6.04 Å². The molecule has 2 N–H and O–H groups in total. The standard InChI is InChI=1S/C3H9N/c1-3(2)4/h3H,4H2,1-2H3/i1D. The third-order valence-electron chi connectivity index (χ3n) is 0. The first kappa shape index (κ1) is 2.21. The second kappa shape index (κ2) is 1.30. The SMILES string of the molecule is [2H]CC(C)N. The number of nitrogens with two attached hydrogens (primary N) is 1. The van der Waals surface area contributed by atoms with Crippen LogP contribution in [0.2, 0.25) is 0 Å². The molecule has 0 spiro atoms. The summed E-state index contributed by atoms with van der Waals surface area (Å²) in [7, 11) is 0. The molecule has 0 saturated carbocycles. The average Bonchev–Trinajstić information content (AvgIpc) is 1.38. The molecule has 0 aliphatic carbocycles. The number of rotatable bonds is 0. The van der Waals surface area contributed by atoms with Crippen molar-refractivity contribution in [1.82, 2.24) is 0 Å². The highest BCUT2D eigenvalue weighted by Crippen LogP contribution is 1.58. The van der Waals surface area contributed by atoms with E-state index in [-0.39, 0.29) is 6.04 Å². The van der Waals surface area contributed by atoms with Crippen molar-refractivity contribution in [1.29, 1.82) is 0 Å². The molecule has 1 nitrogen and oxygen atoms in total. The molecule has 0 aromatic carbocycles. The summed E-state index contributed by atoms with van der Waals surface area (Å²) < 4.78 is 6.53. The summed E-state index contributed by atoms with van der Waals surface area (Å²) in [4.78, 5) is 0. The summed E-state index contributed by atoms with van der Waals surface area (Å²) in [6.07, 6.45) is 0. The van der Waals surface area contributed by atoms with E-state index in [0.717, 1.165) is 0 Å². The highest BCUT2D eigenvalue weighted by Gasteiger charge is 1.67. The molecule has 0 saturated heterocycles. The lowest BCUT2D eigenvalue weighted by atomic mass is 10.5. The zero-order chi connectivity index (χ0) is 4.28. The van der Waals surface area contributed by atoms with Gasteiger partial charge in [-0.15, -0.1) is 0 Å². The molecule has 0 fully saturated rings. The molecule has 0 heterocycles. The normalized spacial score (nSPS) is 19.0. The van der Waals surface area contributed by atoms with Crippen molar-refractivity contribution in [2.24, 2.45) is 5.73 Å². The molecular weight excluding hydrogens is 50.0 g/mol. The fourth-order valence-corrected chi connectivity index (χ4v) is 0. The molecular formula is C3H9N. The van der Waals surface area contributed by atoms with Crippen LogP contribution in [0.1, 0.15) is 15.2 Å². The van der Waals surface area contributed by atoms with Crippen molar-refractivity contribution in [3.05, 3.63) is 0 Å². The van der Waals surface area contributed by atoms with Gasteiger partial charge in [-0.3, -0.25) is 0 Å². The van der Waals surface area contributed by atoms with Crippen LogP contribution in [0.25, 0.3) is 0 Å². The predicted octanol–water partition coefficient (Wildman–Crippen LogP) is 0.354. The minimum atomic E-state index is 0.0509. The lowest BCUT2D eigenvalue weighted by Crippen LogP contribution is -2.06. The Bertz CT molecular complexity index is 20.9. The molecule has 0 bridgehead atoms. The summed E-state index contributed by atoms with van der Waals surface area (Å²) in [6.45, 7) is 2.15. The van der Waals surface area contributed by atoms with Gasteiger partial charge in [0.1, 0.15) is 0 Å². The Morgan fingerprint density at radius 1 is 2.25 bits per heavy atom. The lowest BCUT2D eigenvalue weighted by Gasteiger charge is -1.81. The predicted molar refractivity (Wildman–Crippen MR) is 19.3 cm³/mol. The third-order valence-corrected chi connectivity index (χ3v) is 0. The summed E-state index contributed by atoms with van der Waals surface area (Å²) in [5.41, 5.74) is 5.10. The monoisotopic (exact) mass is 60.1 g/mol. The van der Waals surface area contributed by atoms with Crippen LogP contribution in [0.15, 0.2) is 0 Å². The maximum Gasteiger partial charge on any atom is 0.0246 e.